The second kappa shape index (κ2) is 6.05. The van der Waals surface area contributed by atoms with E-state index < -0.39 is 0 Å². The molecule has 2 nitrogen and oxygen atoms in total. The molecule has 0 saturated heterocycles. The lowest BCUT2D eigenvalue weighted by molar-refractivity contribution is 1.19. The lowest BCUT2D eigenvalue weighted by Gasteiger charge is -2.14. The van der Waals surface area contributed by atoms with Crippen LogP contribution in [0.25, 0.3) is 81.8 Å². The van der Waals surface area contributed by atoms with Crippen LogP contribution in [0.3, 0.4) is 0 Å². The highest BCUT2D eigenvalue weighted by molar-refractivity contribution is 6.38. The lowest BCUT2D eigenvalue weighted by Crippen LogP contribution is -1.96. The normalized spacial score (nSPS) is 12.6. The maximum Gasteiger partial charge on any atom is 0.0723 e. The van der Waals surface area contributed by atoms with Crippen LogP contribution in [0.15, 0.2) is 109 Å². The summed E-state index contributed by atoms with van der Waals surface area (Å²) < 4.78 is 2.46. The molecule has 1 aliphatic carbocycles. The fourth-order valence-corrected chi connectivity index (χ4v) is 6.54. The summed E-state index contributed by atoms with van der Waals surface area (Å²) in [5.41, 5.74) is 7.33. The Morgan fingerprint density at radius 1 is 0.457 bits per heavy atom. The van der Waals surface area contributed by atoms with Gasteiger partial charge in [-0.2, -0.15) is 0 Å². The van der Waals surface area contributed by atoms with Gasteiger partial charge in [0.1, 0.15) is 0 Å². The van der Waals surface area contributed by atoms with E-state index in [1.807, 2.05) is 6.20 Å². The van der Waals surface area contributed by atoms with Crippen LogP contribution in [0, 0.1) is 0 Å². The molecule has 0 amide bonds. The highest BCUT2D eigenvalue weighted by Crippen LogP contribution is 2.49. The van der Waals surface area contributed by atoms with E-state index in [0.717, 1.165) is 10.9 Å². The van der Waals surface area contributed by atoms with Crippen molar-refractivity contribution >= 4 is 65.0 Å². The van der Waals surface area contributed by atoms with Crippen LogP contribution in [-0.2, 0) is 0 Å². The Bertz CT molecular complexity index is 2210. The summed E-state index contributed by atoms with van der Waals surface area (Å²) in [7, 11) is 0. The van der Waals surface area contributed by atoms with Crippen molar-refractivity contribution in [2.24, 2.45) is 0 Å². The molecular weight excluding hydrogens is 424 g/mol. The molecule has 0 fully saturated rings. The zero-order valence-corrected chi connectivity index (χ0v) is 18.8. The van der Waals surface area contributed by atoms with Gasteiger partial charge in [-0.25, -0.2) is 0 Å². The topological polar surface area (TPSA) is 17.8 Å². The molecule has 1 aliphatic rings. The molecule has 9 rings (SSSR count). The highest BCUT2D eigenvalue weighted by Gasteiger charge is 2.24. The van der Waals surface area contributed by atoms with Gasteiger partial charge in [-0.15, -0.1) is 0 Å². The first-order valence-corrected chi connectivity index (χ1v) is 12.1. The zero-order chi connectivity index (χ0) is 22.7. The number of benzene rings is 6. The van der Waals surface area contributed by atoms with E-state index in [1.54, 1.807) is 0 Å². The molecule has 8 aromatic rings. The van der Waals surface area contributed by atoms with E-state index in [0.29, 0.717) is 0 Å². The third-order valence-electron chi connectivity index (χ3n) is 7.92. The number of fused-ring (bicyclic) bond motifs is 2. The molecule has 2 heterocycles. The van der Waals surface area contributed by atoms with Gasteiger partial charge in [0.2, 0.25) is 0 Å². The molecule has 0 N–H and O–H groups in total. The van der Waals surface area contributed by atoms with Crippen molar-refractivity contribution in [2.45, 2.75) is 0 Å². The molecule has 0 unspecified atom stereocenters. The standard InChI is InChI=1S/C33H18N2/c1-2-10-25-24(7-1)26(17-18-34-25)35-27-15-13-20-6-4-9-23-22-8-3-5-19-11-12-21-14-16-28(35)33(31(21)29(19)22)32(27)30(20)23/h1-18H. The predicted molar refractivity (Wildman–Crippen MR) is 148 cm³/mol. The average Bonchev–Trinajstić information content (AvgIpc) is 3.19. The van der Waals surface area contributed by atoms with Crippen molar-refractivity contribution in [3.8, 4) is 16.8 Å². The van der Waals surface area contributed by atoms with Crippen molar-refractivity contribution in [1.29, 1.82) is 0 Å². The summed E-state index contributed by atoms with van der Waals surface area (Å²) in [4.78, 5) is 4.65. The van der Waals surface area contributed by atoms with E-state index in [2.05, 4.69) is 113 Å². The Morgan fingerprint density at radius 2 is 1.06 bits per heavy atom. The minimum absolute atomic E-state index is 1.02. The second-order valence-corrected chi connectivity index (χ2v) is 9.57. The van der Waals surface area contributed by atoms with E-state index >= 15 is 0 Å². The maximum absolute atomic E-state index is 4.65. The minimum Gasteiger partial charge on any atom is -0.308 e. The van der Waals surface area contributed by atoms with Crippen LogP contribution >= 0.6 is 0 Å². The lowest BCUT2D eigenvalue weighted by atomic mass is 9.93. The summed E-state index contributed by atoms with van der Waals surface area (Å²) >= 11 is 0. The molecule has 0 aliphatic heterocycles. The van der Waals surface area contributed by atoms with Crippen LogP contribution < -0.4 is 0 Å². The average molecular weight is 443 g/mol. The van der Waals surface area contributed by atoms with E-state index in [1.165, 1.54) is 70.9 Å². The summed E-state index contributed by atoms with van der Waals surface area (Å²) in [5.74, 6) is 0. The smallest absolute Gasteiger partial charge is 0.0723 e. The minimum atomic E-state index is 1.02. The van der Waals surface area contributed by atoms with Gasteiger partial charge >= 0.3 is 0 Å². The van der Waals surface area contributed by atoms with Crippen LogP contribution in [0.5, 0.6) is 0 Å². The third kappa shape index (κ3) is 2.05. The van der Waals surface area contributed by atoms with Gasteiger partial charge in [-0.3, -0.25) is 4.98 Å². The Labute approximate surface area is 200 Å². The van der Waals surface area contributed by atoms with Gasteiger partial charge in [0.05, 0.1) is 22.2 Å². The number of rotatable bonds is 1. The number of hydrogen-bond donors (Lipinski definition) is 0. The number of pyridine rings is 1. The Kier molecular flexibility index (Phi) is 3.07. The second-order valence-electron chi connectivity index (χ2n) is 9.57. The quantitative estimate of drug-likeness (QED) is 0.232. The third-order valence-corrected chi connectivity index (χ3v) is 7.92. The number of aromatic nitrogens is 2. The molecule has 0 atom stereocenters. The zero-order valence-electron chi connectivity index (χ0n) is 18.8. The Balaban J connectivity index is 1.66. The first kappa shape index (κ1) is 17.7. The highest BCUT2D eigenvalue weighted by atomic mass is 15.0. The van der Waals surface area contributed by atoms with Gasteiger partial charge in [0, 0.05) is 27.7 Å². The van der Waals surface area contributed by atoms with E-state index in [9.17, 15) is 0 Å². The fourth-order valence-electron chi connectivity index (χ4n) is 6.54. The molecule has 0 saturated carbocycles. The van der Waals surface area contributed by atoms with Crippen LogP contribution in [0.4, 0.5) is 0 Å². The molecule has 0 spiro atoms. The largest absolute Gasteiger partial charge is 0.308 e. The summed E-state index contributed by atoms with van der Waals surface area (Å²) in [6.45, 7) is 0. The Morgan fingerprint density at radius 3 is 1.80 bits per heavy atom. The van der Waals surface area contributed by atoms with Gasteiger partial charge < -0.3 is 4.57 Å². The van der Waals surface area contributed by atoms with Crippen molar-refractivity contribution in [3.63, 3.8) is 0 Å². The molecular formula is C33H18N2. The van der Waals surface area contributed by atoms with Crippen molar-refractivity contribution in [1.82, 2.24) is 9.55 Å². The molecule has 2 aromatic heterocycles. The van der Waals surface area contributed by atoms with Crippen LogP contribution in [0.2, 0.25) is 0 Å². The first-order chi connectivity index (χ1) is 17.4. The number of nitrogens with zero attached hydrogens (tertiary/aromatic N) is 2. The number of para-hydroxylation sites is 1. The molecule has 6 aromatic carbocycles. The molecule has 35 heavy (non-hydrogen) atoms. The maximum atomic E-state index is 4.65. The monoisotopic (exact) mass is 442 g/mol. The van der Waals surface area contributed by atoms with Gasteiger partial charge in [-0.05, 0) is 62.3 Å². The predicted octanol–water partition coefficient (Wildman–Crippen LogP) is 8.77. The fraction of sp³-hybridized carbons (Fsp3) is 0. The van der Waals surface area contributed by atoms with Gasteiger partial charge in [-0.1, -0.05) is 78.9 Å². The van der Waals surface area contributed by atoms with Gasteiger partial charge in [0.25, 0.3) is 0 Å². The number of hydrogen-bond acceptors (Lipinski definition) is 1. The Hall–Kier alpha value is -4.69. The van der Waals surface area contributed by atoms with Crippen molar-refractivity contribution in [3.05, 3.63) is 109 Å². The SMILES string of the molecule is c1cc2c3c(c1)ccc1ccc4c(c13)c1c3c-2cccc3ccc1n4-c1ccnc2ccccc12. The molecule has 160 valence electrons. The van der Waals surface area contributed by atoms with E-state index in [-0.39, 0.29) is 0 Å². The molecule has 2 heteroatoms. The van der Waals surface area contributed by atoms with Gasteiger partial charge in [0.15, 0.2) is 0 Å². The van der Waals surface area contributed by atoms with Crippen molar-refractivity contribution in [2.75, 3.05) is 0 Å². The van der Waals surface area contributed by atoms with Crippen LogP contribution in [-0.4, -0.2) is 9.55 Å². The molecule has 0 radical (unpaired) electrons. The summed E-state index contributed by atoms with van der Waals surface area (Å²) in [5, 5.41) is 11.8. The summed E-state index contributed by atoms with van der Waals surface area (Å²) in [6.07, 6.45) is 1.93. The molecule has 0 bridgehead atoms. The van der Waals surface area contributed by atoms with Crippen molar-refractivity contribution < 1.29 is 0 Å². The first-order valence-electron chi connectivity index (χ1n) is 12.1. The van der Waals surface area contributed by atoms with Crippen LogP contribution in [0.1, 0.15) is 0 Å². The van der Waals surface area contributed by atoms with E-state index in [4.69, 9.17) is 0 Å². The summed E-state index contributed by atoms with van der Waals surface area (Å²) in [6, 6.07) is 37.8.